The Balaban J connectivity index is 1.68. The number of carbonyl (C=O) groups is 2. The first kappa shape index (κ1) is 51.1. The van der Waals surface area contributed by atoms with Crippen molar-refractivity contribution < 1.29 is 14.3 Å². The Morgan fingerprint density at radius 3 is 2.00 bits per heavy atom. The number of amides is 1. The van der Waals surface area contributed by atoms with Crippen LogP contribution in [-0.4, -0.2) is 43.0 Å². The van der Waals surface area contributed by atoms with Crippen molar-refractivity contribution in [1.29, 1.82) is 15.8 Å². The zero-order chi connectivity index (χ0) is 46.4. The average molecular weight is 884 g/mol. The Morgan fingerprint density at radius 2 is 1.44 bits per heavy atom. The summed E-state index contributed by atoms with van der Waals surface area (Å²) >= 11 is 1.55. The number of thiophene rings is 1. The maximum Gasteiger partial charge on any atom is 0.308 e. The summed E-state index contributed by atoms with van der Waals surface area (Å²) in [5.74, 6) is -0.444. The fraction of sp³-hybridized carbons (Fsp3) is 0.528. The lowest BCUT2D eigenvalue weighted by Gasteiger charge is -2.24. The van der Waals surface area contributed by atoms with Gasteiger partial charge in [-0.05, 0) is 111 Å². The van der Waals surface area contributed by atoms with Crippen LogP contribution in [0.15, 0.2) is 69.5 Å². The van der Waals surface area contributed by atoms with E-state index >= 15 is 0 Å². The van der Waals surface area contributed by atoms with Gasteiger partial charge in [-0.1, -0.05) is 105 Å². The molecule has 1 aliphatic rings. The van der Waals surface area contributed by atoms with Crippen molar-refractivity contribution in [3.63, 3.8) is 0 Å². The molecule has 1 aliphatic heterocycles. The molecule has 64 heavy (non-hydrogen) atoms. The van der Waals surface area contributed by atoms with Crippen molar-refractivity contribution in [1.82, 2.24) is 4.90 Å². The molecule has 340 valence electrons. The Bertz CT molecular complexity index is 2230. The van der Waals surface area contributed by atoms with Crippen LogP contribution in [0.25, 0.3) is 16.0 Å². The first-order chi connectivity index (χ1) is 31.2. The molecule has 0 saturated carbocycles. The third-order valence-corrected chi connectivity index (χ3v) is 13.4. The maximum atomic E-state index is 14.5. The SMILES string of the molecule is CCCCCCc1c(C2=C(C#N)C(=C(C#N)C#N)N(CCCC)C2=O)sc(-c2ccc(/N=N/c3ccc(N(CC)CCOC(=O)C(CC)CCCC)cc3C)cc2)c1CCCCCC. The van der Waals surface area contributed by atoms with E-state index in [-0.39, 0.29) is 34.6 Å². The summed E-state index contributed by atoms with van der Waals surface area (Å²) in [6, 6.07) is 20.4. The zero-order valence-corrected chi connectivity index (χ0v) is 40.3. The summed E-state index contributed by atoms with van der Waals surface area (Å²) in [7, 11) is 0. The number of azo groups is 1. The topological polar surface area (TPSA) is 146 Å². The summed E-state index contributed by atoms with van der Waals surface area (Å²) in [5, 5.41) is 39.9. The molecule has 0 fully saturated rings. The first-order valence-corrected chi connectivity index (χ1v) is 24.7. The number of likely N-dealkylation sites (N-methyl/N-ethyl adjacent to an activating group) is 1. The highest BCUT2D eigenvalue weighted by atomic mass is 32.1. The molecule has 3 aromatic rings. The predicted octanol–water partition coefficient (Wildman–Crippen LogP) is 14.2. The van der Waals surface area contributed by atoms with Crippen molar-refractivity contribution in [3.05, 3.63) is 80.9 Å². The molecule has 1 atom stereocenters. The molecule has 10 nitrogen and oxygen atoms in total. The van der Waals surface area contributed by atoms with Gasteiger partial charge in [-0.2, -0.15) is 26.0 Å². The molecule has 0 saturated heterocycles. The van der Waals surface area contributed by atoms with E-state index < -0.39 is 0 Å². The van der Waals surface area contributed by atoms with Crippen LogP contribution in [0.3, 0.4) is 0 Å². The Kier molecular flexibility index (Phi) is 21.5. The second-order valence-electron chi connectivity index (χ2n) is 16.7. The summed E-state index contributed by atoms with van der Waals surface area (Å²) in [5.41, 5.74) is 7.17. The molecule has 0 aliphatic carbocycles. The van der Waals surface area contributed by atoms with Crippen LogP contribution in [-0.2, 0) is 27.2 Å². The number of unbranched alkanes of at least 4 members (excludes halogenated alkanes) is 8. The second kappa shape index (κ2) is 26.9. The second-order valence-corrected chi connectivity index (χ2v) is 17.7. The number of aryl methyl sites for hydroxylation is 1. The highest BCUT2D eigenvalue weighted by molar-refractivity contribution is 7.17. The summed E-state index contributed by atoms with van der Waals surface area (Å²) in [4.78, 5) is 32.7. The lowest BCUT2D eigenvalue weighted by Crippen LogP contribution is -2.29. The van der Waals surface area contributed by atoms with E-state index in [1.54, 1.807) is 11.3 Å². The van der Waals surface area contributed by atoms with E-state index in [2.05, 4.69) is 67.1 Å². The van der Waals surface area contributed by atoms with E-state index in [4.69, 9.17) is 4.74 Å². The Hall–Kier alpha value is -5.57. The normalized spacial score (nSPS) is 13.0. The molecular weight excluding hydrogens is 815 g/mol. The molecule has 11 heteroatoms. The van der Waals surface area contributed by atoms with E-state index in [1.807, 2.05) is 57.2 Å². The third-order valence-electron chi connectivity index (χ3n) is 12.1. The fourth-order valence-electron chi connectivity index (χ4n) is 8.28. The van der Waals surface area contributed by atoms with Crippen molar-refractivity contribution >= 4 is 45.8 Å². The van der Waals surface area contributed by atoms with Gasteiger partial charge in [0.05, 0.1) is 40.7 Å². The minimum Gasteiger partial charge on any atom is -0.464 e. The molecular formula is C53H69N7O3S. The summed E-state index contributed by atoms with van der Waals surface area (Å²) in [6.45, 7) is 16.8. The third kappa shape index (κ3) is 13.2. The van der Waals surface area contributed by atoms with Crippen LogP contribution >= 0.6 is 11.3 Å². The van der Waals surface area contributed by atoms with Crippen molar-refractivity contribution in [3.8, 4) is 28.6 Å². The van der Waals surface area contributed by atoms with E-state index in [0.29, 0.717) is 37.4 Å². The van der Waals surface area contributed by atoms with Crippen LogP contribution in [0.1, 0.15) is 153 Å². The fourth-order valence-corrected chi connectivity index (χ4v) is 9.73. The van der Waals surface area contributed by atoms with Gasteiger partial charge in [0.1, 0.15) is 24.8 Å². The lowest BCUT2D eigenvalue weighted by molar-refractivity contribution is -0.148. The number of nitriles is 3. The van der Waals surface area contributed by atoms with E-state index in [0.717, 1.165) is 141 Å². The number of allylic oxidation sites excluding steroid dienone is 2. The number of rotatable bonds is 27. The van der Waals surface area contributed by atoms with Crippen molar-refractivity contribution in [2.45, 2.75) is 151 Å². The molecule has 0 spiro atoms. The molecule has 1 unspecified atom stereocenters. The van der Waals surface area contributed by atoms with Crippen LogP contribution in [0.2, 0.25) is 0 Å². The average Bonchev–Trinajstić information content (AvgIpc) is 3.80. The van der Waals surface area contributed by atoms with Gasteiger partial charge >= 0.3 is 5.97 Å². The summed E-state index contributed by atoms with van der Waals surface area (Å²) in [6.07, 6.45) is 15.5. The number of nitrogens with zero attached hydrogens (tertiary/aromatic N) is 7. The van der Waals surface area contributed by atoms with Crippen molar-refractivity contribution in [2.75, 3.05) is 31.1 Å². The van der Waals surface area contributed by atoms with Gasteiger partial charge in [0.25, 0.3) is 5.91 Å². The molecule has 4 rings (SSSR count). The quantitative estimate of drug-likeness (QED) is 0.0320. The minimum absolute atomic E-state index is 0.0344. The molecule has 1 aromatic heterocycles. The van der Waals surface area contributed by atoms with E-state index in [1.165, 1.54) is 10.5 Å². The maximum absolute atomic E-state index is 14.5. The number of carbonyl (C=O) groups excluding carboxylic acids is 2. The van der Waals surface area contributed by atoms with Crippen LogP contribution in [0.4, 0.5) is 17.1 Å². The monoisotopic (exact) mass is 884 g/mol. The summed E-state index contributed by atoms with van der Waals surface area (Å²) < 4.78 is 5.70. The highest BCUT2D eigenvalue weighted by Crippen LogP contribution is 2.47. The first-order valence-electron chi connectivity index (χ1n) is 23.9. The number of esters is 1. The molecule has 2 aromatic carbocycles. The number of benzene rings is 2. The number of anilines is 1. The Morgan fingerprint density at radius 1 is 0.797 bits per heavy atom. The van der Waals surface area contributed by atoms with Crippen LogP contribution in [0, 0.1) is 46.8 Å². The van der Waals surface area contributed by atoms with Gasteiger partial charge < -0.3 is 14.5 Å². The van der Waals surface area contributed by atoms with Gasteiger partial charge in [0, 0.05) is 28.5 Å². The largest absolute Gasteiger partial charge is 0.464 e. The number of hydrogen-bond acceptors (Lipinski definition) is 10. The smallest absolute Gasteiger partial charge is 0.308 e. The Labute approximate surface area is 387 Å². The lowest BCUT2D eigenvalue weighted by atomic mass is 9.92. The van der Waals surface area contributed by atoms with E-state index in [9.17, 15) is 25.4 Å². The van der Waals surface area contributed by atoms with Gasteiger partial charge in [0.2, 0.25) is 0 Å². The van der Waals surface area contributed by atoms with Crippen LogP contribution in [0.5, 0.6) is 0 Å². The highest BCUT2D eigenvalue weighted by Gasteiger charge is 2.40. The number of hydrogen-bond donors (Lipinski definition) is 0. The zero-order valence-electron chi connectivity index (χ0n) is 39.5. The minimum atomic E-state index is -0.312. The standard InChI is InChI=1S/C53H69N7O3S/c1-8-14-18-20-23-44-45(24-21-19-15-9-2)51(48-46(37-56)49(41(35-54)36-55)60(52(48)61)31-17-11-4)64-50(44)40-25-27-42(28-26-40)57-58-47-30-29-43(34-38(47)7)59(13-6)32-33-63-53(62)39(12-5)22-16-10-3/h25-30,34,39H,8-24,31-33H2,1-7H3/b58-57+. The predicted molar refractivity (Wildman–Crippen MR) is 260 cm³/mol. The molecule has 0 radical (unpaired) electrons. The van der Waals surface area contributed by atoms with Gasteiger partial charge in [-0.25, -0.2) is 0 Å². The molecule has 0 N–H and O–H groups in total. The van der Waals surface area contributed by atoms with Crippen molar-refractivity contribution in [2.24, 2.45) is 16.1 Å². The van der Waals surface area contributed by atoms with Crippen LogP contribution < -0.4 is 4.90 Å². The molecule has 1 amide bonds. The van der Waals surface area contributed by atoms with Gasteiger partial charge in [-0.3, -0.25) is 9.59 Å². The molecule has 2 heterocycles. The van der Waals surface area contributed by atoms with Gasteiger partial charge in [0.15, 0.2) is 5.57 Å². The number of ether oxygens (including phenoxy) is 1. The molecule has 0 bridgehead atoms. The van der Waals surface area contributed by atoms with Gasteiger partial charge in [-0.15, -0.1) is 11.3 Å².